The van der Waals surface area contributed by atoms with Crippen LogP contribution in [0, 0.1) is 6.92 Å². The third kappa shape index (κ3) is 4.63. The van der Waals surface area contributed by atoms with Crippen LogP contribution in [0.25, 0.3) is 10.2 Å². The van der Waals surface area contributed by atoms with Gasteiger partial charge in [0.15, 0.2) is 15.0 Å². The van der Waals surface area contributed by atoms with Gasteiger partial charge in [0.1, 0.15) is 11.5 Å². The molecule has 0 aliphatic heterocycles. The lowest BCUT2D eigenvalue weighted by atomic mass is 10.2. The highest BCUT2D eigenvalue weighted by atomic mass is 32.2. The molecule has 0 N–H and O–H groups in total. The van der Waals surface area contributed by atoms with Gasteiger partial charge in [0, 0.05) is 12.4 Å². The highest BCUT2D eigenvalue weighted by Crippen LogP contribution is 2.32. The van der Waals surface area contributed by atoms with Gasteiger partial charge in [-0.1, -0.05) is 23.5 Å². The molecule has 0 saturated carbocycles. The van der Waals surface area contributed by atoms with Gasteiger partial charge in [-0.15, -0.1) is 0 Å². The van der Waals surface area contributed by atoms with Gasteiger partial charge in [-0.25, -0.2) is 13.4 Å². The van der Waals surface area contributed by atoms with E-state index >= 15 is 0 Å². The number of hydrogen-bond donors (Lipinski definition) is 0. The number of aromatic nitrogens is 2. The Morgan fingerprint density at radius 1 is 1.06 bits per heavy atom. The Hall–Kier alpha value is -3.30. The first-order chi connectivity index (χ1) is 15.4. The van der Waals surface area contributed by atoms with Gasteiger partial charge in [0.25, 0.3) is 0 Å². The summed E-state index contributed by atoms with van der Waals surface area (Å²) in [5.74, 6) is -0.673. The molecular weight excluding hydrogens is 446 g/mol. The molecule has 4 aromatic rings. The van der Waals surface area contributed by atoms with Gasteiger partial charge >= 0.3 is 0 Å². The van der Waals surface area contributed by atoms with Gasteiger partial charge in [-0.05, 0) is 60.5 Å². The van der Waals surface area contributed by atoms with Crippen molar-refractivity contribution in [2.24, 2.45) is 0 Å². The predicted octanol–water partition coefficient (Wildman–Crippen LogP) is 4.02. The number of benzene rings is 2. The molecule has 9 heteroatoms. The summed E-state index contributed by atoms with van der Waals surface area (Å²) in [6, 6.07) is 15.4. The van der Waals surface area contributed by atoms with Crippen LogP contribution in [0.1, 0.15) is 11.1 Å². The topological polar surface area (TPSA) is 89.5 Å². The van der Waals surface area contributed by atoms with E-state index in [1.165, 1.54) is 35.5 Å². The van der Waals surface area contributed by atoms with Gasteiger partial charge in [0.05, 0.1) is 28.8 Å². The summed E-state index contributed by atoms with van der Waals surface area (Å²) in [6.07, 6.45) is 3.27. The summed E-state index contributed by atoms with van der Waals surface area (Å²) in [5, 5.41) is 0.459. The number of anilines is 1. The molecule has 0 unspecified atom stereocenters. The molecule has 0 aliphatic rings. The van der Waals surface area contributed by atoms with E-state index in [0.29, 0.717) is 10.9 Å². The van der Waals surface area contributed by atoms with E-state index in [1.807, 2.05) is 25.1 Å². The van der Waals surface area contributed by atoms with Crippen LogP contribution in [0.15, 0.2) is 71.9 Å². The number of hydrogen-bond acceptors (Lipinski definition) is 7. The Kier molecular flexibility index (Phi) is 6.20. The van der Waals surface area contributed by atoms with E-state index in [-0.39, 0.29) is 11.4 Å². The number of ether oxygens (including phenoxy) is 1. The maximum atomic E-state index is 13.3. The zero-order valence-corrected chi connectivity index (χ0v) is 19.2. The van der Waals surface area contributed by atoms with Crippen LogP contribution < -0.4 is 9.64 Å². The average Bonchev–Trinajstić information content (AvgIpc) is 3.23. The Morgan fingerprint density at radius 3 is 2.44 bits per heavy atom. The summed E-state index contributed by atoms with van der Waals surface area (Å²) in [5.41, 5.74) is 2.62. The minimum Gasteiger partial charge on any atom is -0.497 e. The molecule has 0 spiro atoms. The molecule has 32 heavy (non-hydrogen) atoms. The van der Waals surface area contributed by atoms with Crippen molar-refractivity contribution in [3.8, 4) is 5.75 Å². The number of methoxy groups -OCH3 is 1. The molecule has 2 aromatic carbocycles. The fourth-order valence-electron chi connectivity index (χ4n) is 3.23. The zero-order chi connectivity index (χ0) is 22.7. The van der Waals surface area contributed by atoms with Gasteiger partial charge in [-0.3, -0.25) is 14.7 Å². The van der Waals surface area contributed by atoms with Crippen molar-refractivity contribution in [2.45, 2.75) is 18.4 Å². The number of fused-ring (bicyclic) bond motifs is 1. The minimum atomic E-state index is -3.85. The van der Waals surface area contributed by atoms with Crippen molar-refractivity contribution < 1.29 is 17.9 Å². The number of carbonyl (C=O) groups excluding carboxylic acids is 1. The van der Waals surface area contributed by atoms with Crippen LogP contribution in [0.4, 0.5) is 5.13 Å². The maximum absolute atomic E-state index is 13.3. The van der Waals surface area contributed by atoms with Crippen molar-refractivity contribution in [2.75, 3.05) is 17.8 Å². The molecule has 0 bridgehead atoms. The Morgan fingerprint density at radius 2 is 1.78 bits per heavy atom. The van der Waals surface area contributed by atoms with Gasteiger partial charge in [0.2, 0.25) is 5.91 Å². The maximum Gasteiger partial charge on any atom is 0.244 e. The molecule has 164 valence electrons. The van der Waals surface area contributed by atoms with E-state index in [0.717, 1.165) is 21.3 Å². The first kappa shape index (κ1) is 21.9. The third-order valence-electron chi connectivity index (χ3n) is 4.96. The number of rotatable bonds is 7. The number of pyridine rings is 1. The Balaban J connectivity index is 1.68. The lowest BCUT2D eigenvalue weighted by Crippen LogP contribution is -2.35. The fourth-order valence-corrected chi connectivity index (χ4v) is 5.49. The van der Waals surface area contributed by atoms with E-state index in [4.69, 9.17) is 4.74 Å². The number of aryl methyl sites for hydroxylation is 1. The van der Waals surface area contributed by atoms with Crippen molar-refractivity contribution in [3.63, 3.8) is 0 Å². The summed E-state index contributed by atoms with van der Waals surface area (Å²) in [4.78, 5) is 23.5. The molecule has 1 amide bonds. The molecule has 0 aliphatic carbocycles. The second-order valence-corrected chi connectivity index (χ2v) is 10.2. The Labute approximate surface area is 190 Å². The first-order valence-electron chi connectivity index (χ1n) is 9.79. The molecule has 7 nitrogen and oxygen atoms in total. The number of nitrogens with zero attached hydrogens (tertiary/aromatic N) is 3. The monoisotopic (exact) mass is 467 g/mol. The minimum absolute atomic E-state index is 0.0654. The lowest BCUT2D eigenvalue weighted by Gasteiger charge is -2.20. The number of carbonyl (C=O) groups is 1. The lowest BCUT2D eigenvalue weighted by molar-refractivity contribution is -0.116. The number of sulfone groups is 1. The average molecular weight is 468 g/mol. The van der Waals surface area contributed by atoms with Crippen LogP contribution in [-0.2, 0) is 21.2 Å². The predicted molar refractivity (Wildman–Crippen MR) is 125 cm³/mol. The highest BCUT2D eigenvalue weighted by Gasteiger charge is 2.27. The second-order valence-electron chi connectivity index (χ2n) is 7.19. The number of amides is 1. The van der Waals surface area contributed by atoms with Crippen molar-refractivity contribution in [1.29, 1.82) is 0 Å². The SMILES string of the molecule is COc1ccc(S(=O)(=O)CC(=O)N(Cc2ccncc2)c2nc3c(C)cccc3s2)cc1. The molecule has 0 fully saturated rings. The number of para-hydroxylation sites is 1. The molecule has 2 aromatic heterocycles. The van der Waals surface area contributed by atoms with E-state index in [2.05, 4.69) is 9.97 Å². The van der Waals surface area contributed by atoms with Crippen molar-refractivity contribution in [1.82, 2.24) is 9.97 Å². The van der Waals surface area contributed by atoms with Gasteiger partial charge in [-0.2, -0.15) is 0 Å². The smallest absolute Gasteiger partial charge is 0.244 e. The molecule has 4 rings (SSSR count). The molecule has 0 saturated heterocycles. The highest BCUT2D eigenvalue weighted by molar-refractivity contribution is 7.92. The normalized spacial score (nSPS) is 11.4. The van der Waals surface area contributed by atoms with Crippen LogP contribution >= 0.6 is 11.3 Å². The summed E-state index contributed by atoms with van der Waals surface area (Å²) in [7, 11) is -2.35. The fraction of sp³-hybridized carbons (Fsp3) is 0.174. The summed E-state index contributed by atoms with van der Waals surface area (Å²) < 4.78 is 31.9. The molecule has 0 radical (unpaired) electrons. The molecule has 0 atom stereocenters. The quantitative estimate of drug-likeness (QED) is 0.408. The summed E-state index contributed by atoms with van der Waals surface area (Å²) in [6.45, 7) is 2.15. The first-order valence-corrected chi connectivity index (χ1v) is 12.3. The van der Waals surface area contributed by atoms with E-state index in [9.17, 15) is 13.2 Å². The van der Waals surface area contributed by atoms with Crippen LogP contribution in [-0.4, -0.2) is 37.2 Å². The summed E-state index contributed by atoms with van der Waals surface area (Å²) >= 11 is 1.36. The standard InChI is InChI=1S/C23H21N3O4S2/c1-16-4-3-5-20-22(16)25-23(31-20)26(14-17-10-12-24-13-11-17)21(27)15-32(28,29)19-8-6-18(30-2)7-9-19/h3-13H,14-15H2,1-2H3. The Bertz CT molecular complexity index is 1350. The van der Waals surface area contributed by atoms with Crippen molar-refractivity contribution >= 4 is 42.4 Å². The van der Waals surface area contributed by atoms with Gasteiger partial charge < -0.3 is 4.74 Å². The van der Waals surface area contributed by atoms with E-state index < -0.39 is 21.5 Å². The number of thiazole rings is 1. The van der Waals surface area contributed by atoms with Crippen LogP contribution in [0.3, 0.4) is 0 Å². The van der Waals surface area contributed by atoms with E-state index in [1.54, 1.807) is 36.7 Å². The van der Waals surface area contributed by atoms with Crippen LogP contribution in [0.2, 0.25) is 0 Å². The molecule has 2 heterocycles. The third-order valence-corrected chi connectivity index (χ3v) is 7.62. The largest absolute Gasteiger partial charge is 0.497 e. The van der Waals surface area contributed by atoms with Crippen molar-refractivity contribution in [3.05, 3.63) is 78.1 Å². The second kappa shape index (κ2) is 9.05. The zero-order valence-electron chi connectivity index (χ0n) is 17.6. The molecular formula is C23H21N3O4S2. The van der Waals surface area contributed by atoms with Crippen LogP contribution in [0.5, 0.6) is 5.75 Å².